The first-order valence-corrected chi connectivity index (χ1v) is 15.2. The van der Waals surface area contributed by atoms with Crippen LogP contribution < -0.4 is 5.73 Å². The lowest BCUT2D eigenvalue weighted by Gasteiger charge is -2.41. The standard InChI is InChI=1S/C32H51N4O4/c1-6-13-29(32(39)36(40)27(18-23(2)3)22-34-21-26-16-11-8-12-17-26)35(30(37)19-24(4)5)31(38)28(33)20-25-14-9-7-10-15-25/h7,9-10,14-15,22-24,26-29H,6,8,11-13,16-21,33H2,1-5H3/q-1/t27-,28-,29-/m0/s1. The second-order valence-corrected chi connectivity index (χ2v) is 12.2. The summed E-state index contributed by atoms with van der Waals surface area (Å²) in [4.78, 5) is 46.5. The van der Waals surface area contributed by atoms with Gasteiger partial charge >= 0.3 is 0 Å². The third-order valence-corrected chi connectivity index (χ3v) is 7.46. The largest absolute Gasteiger partial charge is 0.756 e. The molecule has 1 aromatic rings. The van der Waals surface area contributed by atoms with Gasteiger partial charge in [0.1, 0.15) is 6.04 Å². The summed E-state index contributed by atoms with van der Waals surface area (Å²) in [6, 6.07) is 6.34. The first kappa shape index (κ1) is 33.6. The number of rotatable bonds is 15. The van der Waals surface area contributed by atoms with Crippen molar-refractivity contribution in [2.45, 2.75) is 117 Å². The van der Waals surface area contributed by atoms with Crippen molar-refractivity contribution in [2.75, 3.05) is 6.54 Å². The maximum atomic E-state index is 13.8. The minimum atomic E-state index is -1.20. The molecule has 0 spiro atoms. The molecule has 1 saturated carbocycles. The van der Waals surface area contributed by atoms with Crippen LogP contribution in [0.5, 0.6) is 0 Å². The average Bonchev–Trinajstić information content (AvgIpc) is 2.91. The lowest BCUT2D eigenvalue weighted by molar-refractivity contribution is -0.156. The maximum Gasteiger partial charge on any atom is 0.247 e. The molecule has 1 aliphatic carbocycles. The number of aliphatic imine (C=N–C) groups is 1. The summed E-state index contributed by atoms with van der Waals surface area (Å²) in [5, 5.41) is 14.1. The maximum absolute atomic E-state index is 13.8. The van der Waals surface area contributed by atoms with Crippen LogP contribution in [-0.4, -0.2) is 58.6 Å². The molecule has 1 aliphatic rings. The molecule has 2 N–H and O–H groups in total. The summed E-state index contributed by atoms with van der Waals surface area (Å²) in [7, 11) is 0. The zero-order valence-corrected chi connectivity index (χ0v) is 25.3. The summed E-state index contributed by atoms with van der Waals surface area (Å²) >= 11 is 0. The van der Waals surface area contributed by atoms with Crippen LogP contribution in [0.3, 0.4) is 0 Å². The molecule has 0 bridgehead atoms. The van der Waals surface area contributed by atoms with Crippen molar-refractivity contribution in [1.29, 1.82) is 0 Å². The average molecular weight is 556 g/mol. The molecule has 0 aliphatic heterocycles. The molecule has 8 heteroatoms. The van der Waals surface area contributed by atoms with Gasteiger partial charge in [-0.05, 0) is 55.4 Å². The van der Waals surface area contributed by atoms with Crippen molar-refractivity contribution in [3.8, 4) is 0 Å². The van der Waals surface area contributed by atoms with Gasteiger partial charge in [0.2, 0.25) is 17.7 Å². The van der Waals surface area contributed by atoms with Crippen molar-refractivity contribution < 1.29 is 14.4 Å². The molecule has 0 aromatic heterocycles. The quantitative estimate of drug-likeness (QED) is 0.226. The topological polar surface area (TPSA) is 119 Å². The second kappa shape index (κ2) is 17.3. The highest BCUT2D eigenvalue weighted by Crippen LogP contribution is 2.24. The number of hydrogen-bond donors (Lipinski definition) is 1. The molecular formula is C32H51N4O4-. The Bertz CT molecular complexity index is 943. The summed E-state index contributed by atoms with van der Waals surface area (Å²) < 4.78 is 0. The van der Waals surface area contributed by atoms with Crippen molar-refractivity contribution in [3.05, 3.63) is 41.1 Å². The van der Waals surface area contributed by atoms with Crippen LogP contribution >= 0.6 is 0 Å². The van der Waals surface area contributed by atoms with Gasteiger partial charge in [-0.25, -0.2) is 0 Å². The van der Waals surface area contributed by atoms with Crippen LogP contribution in [0.4, 0.5) is 0 Å². The Labute approximate surface area is 241 Å². The summed E-state index contributed by atoms with van der Waals surface area (Å²) in [6.07, 6.45) is 9.04. The highest BCUT2D eigenvalue weighted by atomic mass is 16.5. The SMILES string of the molecule is CCC[C@@H](C(=O)N([O-])[C@H](C=NCC1CCCCC1)CC(C)C)N(C(=O)CC(C)C)C(=O)[C@@H](N)Cc1ccccc1. The minimum Gasteiger partial charge on any atom is -0.756 e. The van der Waals surface area contributed by atoms with E-state index in [4.69, 9.17) is 5.73 Å². The van der Waals surface area contributed by atoms with E-state index in [0.29, 0.717) is 30.4 Å². The Kier molecular flexibility index (Phi) is 14.5. The number of amides is 3. The highest BCUT2D eigenvalue weighted by molar-refractivity contribution is 6.02. The number of nitrogens with two attached hydrogens (primary N) is 1. The van der Waals surface area contributed by atoms with E-state index < -0.39 is 35.8 Å². The first-order valence-electron chi connectivity index (χ1n) is 15.2. The predicted molar refractivity (Wildman–Crippen MR) is 162 cm³/mol. The van der Waals surface area contributed by atoms with E-state index in [1.54, 1.807) is 6.21 Å². The number of nitrogens with zero attached hydrogens (tertiary/aromatic N) is 3. The van der Waals surface area contributed by atoms with Gasteiger partial charge in [-0.2, -0.15) is 0 Å². The monoisotopic (exact) mass is 555 g/mol. The normalized spacial score (nSPS) is 16.7. The van der Waals surface area contributed by atoms with Gasteiger partial charge in [-0.3, -0.25) is 24.3 Å². The smallest absolute Gasteiger partial charge is 0.247 e. The number of benzene rings is 1. The van der Waals surface area contributed by atoms with Gasteiger partial charge in [-0.1, -0.05) is 90.6 Å². The molecule has 224 valence electrons. The second-order valence-electron chi connectivity index (χ2n) is 12.2. The lowest BCUT2D eigenvalue weighted by atomic mass is 9.89. The van der Waals surface area contributed by atoms with Crippen molar-refractivity contribution in [3.63, 3.8) is 0 Å². The van der Waals surface area contributed by atoms with E-state index in [9.17, 15) is 19.6 Å². The summed E-state index contributed by atoms with van der Waals surface area (Å²) in [5.74, 6) is -1.25. The van der Waals surface area contributed by atoms with Gasteiger partial charge < -0.3 is 16.0 Å². The van der Waals surface area contributed by atoms with Crippen LogP contribution in [0.15, 0.2) is 35.3 Å². The van der Waals surface area contributed by atoms with Crippen LogP contribution in [0.2, 0.25) is 0 Å². The van der Waals surface area contributed by atoms with Gasteiger partial charge in [0.15, 0.2) is 0 Å². The number of hydrogen-bond acceptors (Lipinski definition) is 6. The molecule has 40 heavy (non-hydrogen) atoms. The molecule has 3 amide bonds. The molecule has 0 radical (unpaired) electrons. The third kappa shape index (κ3) is 10.8. The number of carbonyl (C=O) groups excluding carboxylic acids is 3. The summed E-state index contributed by atoms with van der Waals surface area (Å²) in [5.41, 5.74) is 7.18. The van der Waals surface area contributed by atoms with E-state index in [1.165, 1.54) is 19.3 Å². The van der Waals surface area contributed by atoms with Crippen molar-refractivity contribution in [2.24, 2.45) is 28.5 Å². The van der Waals surface area contributed by atoms with Gasteiger partial charge in [0, 0.05) is 19.2 Å². The first-order chi connectivity index (χ1) is 19.0. The molecule has 8 nitrogen and oxygen atoms in total. The molecule has 1 fully saturated rings. The Hall–Kier alpha value is -2.58. The molecule has 2 rings (SSSR count). The van der Waals surface area contributed by atoms with Gasteiger partial charge in [0.05, 0.1) is 12.1 Å². The highest BCUT2D eigenvalue weighted by Gasteiger charge is 2.38. The molecular weight excluding hydrogens is 504 g/mol. The van der Waals surface area contributed by atoms with E-state index in [2.05, 4.69) is 4.99 Å². The van der Waals surface area contributed by atoms with Crippen LogP contribution in [0.1, 0.15) is 98.0 Å². The fraction of sp³-hybridized carbons (Fsp3) is 0.688. The Morgan fingerprint density at radius 3 is 2.25 bits per heavy atom. The minimum absolute atomic E-state index is 0.0329. The number of hydroxylamine groups is 2. The van der Waals surface area contributed by atoms with Crippen molar-refractivity contribution in [1.82, 2.24) is 9.96 Å². The molecule has 0 saturated heterocycles. The van der Waals surface area contributed by atoms with E-state index in [-0.39, 0.29) is 31.1 Å². The Balaban J connectivity index is 2.31. The predicted octanol–water partition coefficient (Wildman–Crippen LogP) is 5.52. The van der Waals surface area contributed by atoms with E-state index in [1.807, 2.05) is 65.0 Å². The summed E-state index contributed by atoms with van der Waals surface area (Å²) in [6.45, 7) is 10.3. The number of imide groups is 1. The Morgan fingerprint density at radius 2 is 1.68 bits per heavy atom. The van der Waals surface area contributed by atoms with Crippen LogP contribution in [0, 0.1) is 23.0 Å². The molecule has 0 unspecified atom stereocenters. The van der Waals surface area contributed by atoms with E-state index in [0.717, 1.165) is 23.3 Å². The van der Waals surface area contributed by atoms with Crippen molar-refractivity contribution >= 4 is 23.9 Å². The number of carbonyl (C=O) groups is 3. The lowest BCUT2D eigenvalue weighted by Crippen LogP contribution is -2.58. The Morgan fingerprint density at radius 1 is 1.02 bits per heavy atom. The molecule has 1 aromatic carbocycles. The molecule has 3 atom stereocenters. The van der Waals surface area contributed by atoms with Crippen LogP contribution in [-0.2, 0) is 20.8 Å². The molecule has 0 heterocycles. The van der Waals surface area contributed by atoms with Crippen LogP contribution in [0.25, 0.3) is 0 Å². The zero-order chi connectivity index (χ0) is 29.7. The van der Waals surface area contributed by atoms with E-state index >= 15 is 0 Å². The zero-order valence-electron chi connectivity index (χ0n) is 25.3. The van der Waals surface area contributed by atoms with Gasteiger partial charge in [0.25, 0.3) is 0 Å². The fourth-order valence-electron chi connectivity index (χ4n) is 5.38. The third-order valence-electron chi connectivity index (χ3n) is 7.46. The fourth-order valence-corrected chi connectivity index (χ4v) is 5.38. The van der Waals surface area contributed by atoms with Gasteiger partial charge in [-0.15, -0.1) is 0 Å².